The van der Waals surface area contributed by atoms with Crippen LogP contribution in [0, 0.1) is 6.92 Å². The maximum Gasteiger partial charge on any atom is 0.317 e. The fraction of sp³-hybridized carbons (Fsp3) is 0.250. The standard InChI is InChI=1S/C28H30N6O2/c1-3-29-28(36)33-16-14-32(15-17-33)23-18-20(2)30-27-26(23)24(35)19-25(31-21-10-6-4-7-11-21)34(27)22-12-8-5-9-13-22/h4-13,18-19,31H,3,14-17H2,1-2H3,(H,29,36). The second-order valence-corrected chi connectivity index (χ2v) is 8.85. The van der Waals surface area contributed by atoms with Crippen molar-refractivity contribution in [1.82, 2.24) is 19.8 Å². The molecule has 0 atom stereocenters. The number of nitrogens with zero attached hydrogens (tertiary/aromatic N) is 4. The predicted octanol–water partition coefficient (Wildman–Crippen LogP) is 4.29. The molecule has 0 spiro atoms. The average Bonchev–Trinajstić information content (AvgIpc) is 2.89. The van der Waals surface area contributed by atoms with Crippen LogP contribution in [0.5, 0.6) is 0 Å². The molecule has 184 valence electrons. The zero-order valence-electron chi connectivity index (χ0n) is 20.6. The molecular weight excluding hydrogens is 452 g/mol. The lowest BCUT2D eigenvalue weighted by atomic mass is 10.1. The van der Waals surface area contributed by atoms with Crippen molar-refractivity contribution in [2.24, 2.45) is 0 Å². The van der Waals surface area contributed by atoms with Crippen LogP contribution in [-0.2, 0) is 0 Å². The van der Waals surface area contributed by atoms with Gasteiger partial charge in [0.1, 0.15) is 5.82 Å². The van der Waals surface area contributed by atoms with Gasteiger partial charge in [0.15, 0.2) is 11.1 Å². The van der Waals surface area contributed by atoms with E-state index in [-0.39, 0.29) is 11.5 Å². The van der Waals surface area contributed by atoms with Gasteiger partial charge in [0.05, 0.1) is 11.1 Å². The molecule has 1 aliphatic rings. The average molecular weight is 483 g/mol. The Hall–Kier alpha value is -4.33. The third-order valence-electron chi connectivity index (χ3n) is 6.37. The Morgan fingerprint density at radius 1 is 0.944 bits per heavy atom. The van der Waals surface area contributed by atoms with Crippen LogP contribution < -0.4 is 21.0 Å². The van der Waals surface area contributed by atoms with Crippen molar-refractivity contribution in [1.29, 1.82) is 0 Å². The number of hydrogen-bond acceptors (Lipinski definition) is 5. The SMILES string of the molecule is CCNC(=O)N1CCN(c2cc(C)nc3c2c(=O)cc(Nc2ccccc2)n3-c2ccccc2)CC1. The van der Waals surface area contributed by atoms with Crippen LogP contribution in [0.3, 0.4) is 0 Å². The summed E-state index contributed by atoms with van der Waals surface area (Å²) in [7, 11) is 0. The van der Waals surface area contributed by atoms with Crippen LogP contribution >= 0.6 is 0 Å². The second-order valence-electron chi connectivity index (χ2n) is 8.85. The van der Waals surface area contributed by atoms with Gasteiger partial charge in [-0.15, -0.1) is 0 Å². The summed E-state index contributed by atoms with van der Waals surface area (Å²) in [6.07, 6.45) is 0. The van der Waals surface area contributed by atoms with Gasteiger partial charge in [-0.2, -0.15) is 0 Å². The lowest BCUT2D eigenvalue weighted by Crippen LogP contribution is -2.52. The van der Waals surface area contributed by atoms with E-state index in [0.717, 1.165) is 22.8 Å². The lowest BCUT2D eigenvalue weighted by molar-refractivity contribution is 0.195. The number of fused-ring (bicyclic) bond motifs is 1. The van der Waals surface area contributed by atoms with E-state index in [2.05, 4.69) is 15.5 Å². The van der Waals surface area contributed by atoms with E-state index in [1.165, 1.54) is 0 Å². The number of anilines is 3. The summed E-state index contributed by atoms with van der Waals surface area (Å²) in [4.78, 5) is 34.8. The smallest absolute Gasteiger partial charge is 0.317 e. The Labute approximate surface area is 210 Å². The van der Waals surface area contributed by atoms with Crippen LogP contribution in [0.25, 0.3) is 16.7 Å². The Kier molecular flexibility index (Phi) is 6.58. The van der Waals surface area contributed by atoms with Gasteiger partial charge in [-0.3, -0.25) is 9.36 Å². The number of rotatable bonds is 5. The molecule has 0 radical (unpaired) electrons. The number of aryl methyl sites for hydroxylation is 1. The fourth-order valence-electron chi connectivity index (χ4n) is 4.68. The molecule has 0 saturated carbocycles. The van der Waals surface area contributed by atoms with Crippen LogP contribution in [0.15, 0.2) is 77.6 Å². The first-order valence-electron chi connectivity index (χ1n) is 12.3. The van der Waals surface area contributed by atoms with Crippen molar-refractivity contribution in [2.75, 3.05) is 42.9 Å². The molecule has 2 N–H and O–H groups in total. The highest BCUT2D eigenvalue weighted by atomic mass is 16.2. The van der Waals surface area contributed by atoms with E-state index in [0.29, 0.717) is 49.6 Å². The number of para-hydroxylation sites is 2. The van der Waals surface area contributed by atoms with Crippen LogP contribution in [0.4, 0.5) is 22.0 Å². The van der Waals surface area contributed by atoms with Gasteiger partial charge in [-0.1, -0.05) is 36.4 Å². The number of carbonyl (C=O) groups excluding carboxylic acids is 1. The Morgan fingerprint density at radius 2 is 1.61 bits per heavy atom. The lowest BCUT2D eigenvalue weighted by Gasteiger charge is -2.36. The summed E-state index contributed by atoms with van der Waals surface area (Å²) >= 11 is 0. The van der Waals surface area contributed by atoms with Crippen molar-refractivity contribution in [3.63, 3.8) is 0 Å². The van der Waals surface area contributed by atoms with E-state index in [1.807, 2.05) is 90.0 Å². The topological polar surface area (TPSA) is 82.5 Å². The molecule has 2 aromatic carbocycles. The van der Waals surface area contributed by atoms with Gasteiger partial charge < -0.3 is 20.4 Å². The van der Waals surface area contributed by atoms with Gasteiger partial charge in [-0.05, 0) is 44.2 Å². The molecule has 36 heavy (non-hydrogen) atoms. The summed E-state index contributed by atoms with van der Waals surface area (Å²) in [6.45, 7) is 6.94. The summed E-state index contributed by atoms with van der Waals surface area (Å²) in [5, 5.41) is 6.86. The van der Waals surface area contributed by atoms with Crippen molar-refractivity contribution in [3.8, 4) is 5.69 Å². The highest BCUT2D eigenvalue weighted by molar-refractivity contribution is 5.92. The summed E-state index contributed by atoms with van der Waals surface area (Å²) in [5.41, 5.74) is 3.98. The number of amides is 2. The molecular formula is C28H30N6O2. The summed E-state index contributed by atoms with van der Waals surface area (Å²) < 4.78 is 2.01. The Balaban J connectivity index is 1.63. The van der Waals surface area contributed by atoms with Crippen LogP contribution in [-0.4, -0.2) is 53.2 Å². The van der Waals surface area contributed by atoms with Crippen LogP contribution in [0.2, 0.25) is 0 Å². The van der Waals surface area contributed by atoms with E-state index >= 15 is 0 Å². The minimum Gasteiger partial charge on any atom is -0.367 e. The summed E-state index contributed by atoms with van der Waals surface area (Å²) in [6, 6.07) is 23.3. The van der Waals surface area contributed by atoms with Crippen molar-refractivity contribution < 1.29 is 4.79 Å². The van der Waals surface area contributed by atoms with E-state index in [9.17, 15) is 9.59 Å². The van der Waals surface area contributed by atoms with Crippen molar-refractivity contribution in [2.45, 2.75) is 13.8 Å². The van der Waals surface area contributed by atoms with Crippen molar-refractivity contribution >= 4 is 34.3 Å². The van der Waals surface area contributed by atoms with Crippen molar-refractivity contribution in [3.05, 3.63) is 88.7 Å². The number of aromatic nitrogens is 2. The minimum absolute atomic E-state index is 0.0454. The molecule has 2 amide bonds. The van der Waals surface area contributed by atoms with Gasteiger partial charge >= 0.3 is 6.03 Å². The predicted molar refractivity (Wildman–Crippen MR) is 145 cm³/mol. The highest BCUT2D eigenvalue weighted by Crippen LogP contribution is 2.30. The maximum atomic E-state index is 13.6. The third kappa shape index (κ3) is 4.62. The number of carbonyl (C=O) groups is 1. The molecule has 1 aliphatic heterocycles. The molecule has 8 heteroatoms. The molecule has 2 aromatic heterocycles. The molecule has 1 saturated heterocycles. The molecule has 3 heterocycles. The maximum absolute atomic E-state index is 13.6. The highest BCUT2D eigenvalue weighted by Gasteiger charge is 2.24. The molecule has 5 rings (SSSR count). The van der Waals surface area contributed by atoms with Gasteiger partial charge in [0, 0.05) is 55.9 Å². The minimum atomic E-state index is -0.0933. The number of benzene rings is 2. The number of pyridine rings is 2. The van der Waals surface area contributed by atoms with Gasteiger partial charge in [0.2, 0.25) is 0 Å². The largest absolute Gasteiger partial charge is 0.367 e. The Morgan fingerprint density at radius 3 is 2.28 bits per heavy atom. The first kappa shape index (κ1) is 23.4. The summed E-state index contributed by atoms with van der Waals surface area (Å²) in [5.74, 6) is 0.648. The molecule has 0 bridgehead atoms. The molecule has 4 aromatic rings. The second kappa shape index (κ2) is 10.1. The number of piperazine rings is 1. The first-order chi connectivity index (χ1) is 17.5. The first-order valence-corrected chi connectivity index (χ1v) is 12.3. The molecule has 0 aliphatic carbocycles. The zero-order chi connectivity index (χ0) is 25.1. The number of nitrogens with one attached hydrogen (secondary N) is 2. The molecule has 0 unspecified atom stereocenters. The van der Waals surface area contributed by atoms with Crippen LogP contribution in [0.1, 0.15) is 12.6 Å². The van der Waals surface area contributed by atoms with Gasteiger partial charge in [-0.25, -0.2) is 9.78 Å². The van der Waals surface area contributed by atoms with Gasteiger partial charge in [0.25, 0.3) is 0 Å². The number of urea groups is 1. The zero-order valence-corrected chi connectivity index (χ0v) is 20.6. The normalized spacial score (nSPS) is 13.6. The fourth-order valence-corrected chi connectivity index (χ4v) is 4.68. The molecule has 8 nitrogen and oxygen atoms in total. The molecule has 1 fully saturated rings. The van der Waals surface area contributed by atoms with E-state index < -0.39 is 0 Å². The Bertz CT molecular complexity index is 1430. The monoisotopic (exact) mass is 482 g/mol. The van der Waals surface area contributed by atoms with E-state index in [4.69, 9.17) is 4.98 Å². The third-order valence-corrected chi connectivity index (χ3v) is 6.37. The number of hydrogen-bond donors (Lipinski definition) is 2. The van der Waals surface area contributed by atoms with E-state index in [1.54, 1.807) is 6.07 Å². The quantitative estimate of drug-likeness (QED) is 0.444.